The van der Waals surface area contributed by atoms with Crippen LogP contribution in [0.4, 0.5) is 0 Å². The average Bonchev–Trinajstić information content (AvgIpc) is 3.25. The Morgan fingerprint density at radius 2 is 1.65 bits per heavy atom. The molecular weight excluding hydrogens is 434 g/mol. The van der Waals surface area contributed by atoms with Crippen molar-refractivity contribution in [1.82, 2.24) is 10.6 Å². The number of primary amides is 1. The third-order valence-corrected chi connectivity index (χ3v) is 5.26. The van der Waals surface area contributed by atoms with Crippen molar-refractivity contribution in [3.05, 3.63) is 89.7 Å². The molecule has 0 unspecified atom stereocenters. The number of benzene rings is 3. The number of furan rings is 1. The van der Waals surface area contributed by atoms with Gasteiger partial charge in [0.15, 0.2) is 0 Å². The second-order valence-corrected chi connectivity index (χ2v) is 7.56. The number of nitrogens with one attached hydrogen (secondary N) is 2. The molecule has 0 aliphatic rings. The van der Waals surface area contributed by atoms with Crippen LogP contribution in [-0.2, 0) is 11.3 Å². The number of amides is 3. The summed E-state index contributed by atoms with van der Waals surface area (Å²) in [6.07, 6.45) is 0. The zero-order chi connectivity index (χ0) is 24.1. The average molecular weight is 457 g/mol. The maximum absolute atomic E-state index is 13.1. The maximum Gasteiger partial charge on any atom is 0.287 e. The molecule has 0 bridgehead atoms. The zero-order valence-corrected chi connectivity index (χ0v) is 18.5. The summed E-state index contributed by atoms with van der Waals surface area (Å²) in [5, 5.41) is 6.11. The van der Waals surface area contributed by atoms with Gasteiger partial charge in [-0.2, -0.15) is 0 Å². The van der Waals surface area contributed by atoms with Gasteiger partial charge in [0.1, 0.15) is 11.3 Å². The highest BCUT2D eigenvalue weighted by Crippen LogP contribution is 2.36. The highest BCUT2D eigenvalue weighted by atomic mass is 16.5. The largest absolute Gasteiger partial charge is 0.497 e. The lowest BCUT2D eigenvalue weighted by molar-refractivity contribution is -0.117. The van der Waals surface area contributed by atoms with Gasteiger partial charge in [-0.15, -0.1) is 0 Å². The van der Waals surface area contributed by atoms with Gasteiger partial charge < -0.3 is 25.5 Å². The van der Waals surface area contributed by atoms with E-state index < -0.39 is 11.8 Å². The molecule has 3 aromatic carbocycles. The Morgan fingerprint density at radius 1 is 0.912 bits per heavy atom. The molecule has 0 aliphatic carbocycles. The molecule has 0 saturated carbocycles. The van der Waals surface area contributed by atoms with Crippen LogP contribution >= 0.6 is 0 Å². The van der Waals surface area contributed by atoms with E-state index in [2.05, 4.69) is 10.6 Å². The lowest BCUT2D eigenvalue weighted by Crippen LogP contribution is -2.33. The second-order valence-electron chi connectivity index (χ2n) is 7.56. The van der Waals surface area contributed by atoms with Crippen LogP contribution in [0.25, 0.3) is 22.1 Å². The number of rotatable bonds is 8. The predicted molar refractivity (Wildman–Crippen MR) is 127 cm³/mol. The van der Waals surface area contributed by atoms with E-state index in [0.29, 0.717) is 22.5 Å². The predicted octanol–water partition coefficient (Wildman–Crippen LogP) is 3.25. The number of carbonyl (C=O) groups is 3. The van der Waals surface area contributed by atoms with Gasteiger partial charge in [0.25, 0.3) is 11.8 Å². The minimum atomic E-state index is -0.619. The lowest BCUT2D eigenvalue weighted by Gasteiger charge is -2.07. The smallest absolute Gasteiger partial charge is 0.287 e. The minimum absolute atomic E-state index is 0.205. The molecule has 1 aromatic heterocycles. The number of nitrogens with two attached hydrogens (primary N) is 1. The first-order valence-electron chi connectivity index (χ1n) is 10.6. The summed E-state index contributed by atoms with van der Waals surface area (Å²) in [7, 11) is 1.57. The Morgan fingerprint density at radius 3 is 2.32 bits per heavy atom. The molecule has 4 aromatic rings. The molecule has 8 nitrogen and oxygen atoms in total. The first kappa shape index (κ1) is 22.6. The molecule has 4 rings (SSSR count). The van der Waals surface area contributed by atoms with Gasteiger partial charge in [-0.05, 0) is 35.4 Å². The summed E-state index contributed by atoms with van der Waals surface area (Å²) in [6.45, 7) is 0.000376. The first-order valence-corrected chi connectivity index (χ1v) is 10.6. The summed E-state index contributed by atoms with van der Waals surface area (Å²) in [6, 6.07) is 21.7. The van der Waals surface area contributed by atoms with Crippen LogP contribution in [0.1, 0.15) is 26.5 Å². The number of hydrogen-bond donors (Lipinski definition) is 3. The van der Waals surface area contributed by atoms with Crippen LogP contribution in [0.3, 0.4) is 0 Å². The van der Waals surface area contributed by atoms with Gasteiger partial charge in [-0.3, -0.25) is 14.4 Å². The lowest BCUT2D eigenvalue weighted by atomic mass is 10.0. The van der Waals surface area contributed by atoms with E-state index in [4.69, 9.17) is 14.9 Å². The molecular formula is C26H23N3O5. The van der Waals surface area contributed by atoms with Gasteiger partial charge in [-0.25, -0.2) is 0 Å². The fourth-order valence-corrected chi connectivity index (χ4v) is 3.56. The Kier molecular flexibility index (Phi) is 6.59. The molecule has 172 valence electrons. The number of carbonyl (C=O) groups excluding carboxylic acids is 3. The van der Waals surface area contributed by atoms with E-state index in [1.54, 1.807) is 37.4 Å². The molecule has 0 radical (unpaired) electrons. The number of methoxy groups -OCH3 is 1. The van der Waals surface area contributed by atoms with Crippen molar-refractivity contribution in [3.8, 4) is 16.9 Å². The number of ether oxygens (including phenoxy) is 1. The van der Waals surface area contributed by atoms with Crippen molar-refractivity contribution in [2.45, 2.75) is 6.54 Å². The molecule has 8 heteroatoms. The van der Waals surface area contributed by atoms with Gasteiger partial charge in [0.05, 0.1) is 13.7 Å². The first-order chi connectivity index (χ1) is 16.5. The molecule has 3 amide bonds. The van der Waals surface area contributed by atoms with Crippen molar-refractivity contribution in [1.29, 1.82) is 0 Å². The highest BCUT2D eigenvalue weighted by molar-refractivity contribution is 6.08. The second kappa shape index (κ2) is 9.91. The van der Waals surface area contributed by atoms with E-state index >= 15 is 0 Å². The molecule has 0 spiro atoms. The van der Waals surface area contributed by atoms with E-state index in [1.165, 1.54) is 0 Å². The monoisotopic (exact) mass is 457 g/mol. The van der Waals surface area contributed by atoms with Crippen LogP contribution in [0.2, 0.25) is 0 Å². The zero-order valence-electron chi connectivity index (χ0n) is 18.5. The van der Waals surface area contributed by atoms with Crippen molar-refractivity contribution >= 4 is 28.7 Å². The topological polar surface area (TPSA) is 124 Å². The summed E-state index contributed by atoms with van der Waals surface area (Å²) >= 11 is 0. The Bertz CT molecular complexity index is 1340. The fraction of sp³-hybridized carbons (Fsp3) is 0.115. The minimum Gasteiger partial charge on any atom is -0.497 e. The summed E-state index contributed by atoms with van der Waals surface area (Å²) in [4.78, 5) is 35.9. The summed E-state index contributed by atoms with van der Waals surface area (Å²) < 4.78 is 11.2. The number of hydrogen-bond acceptors (Lipinski definition) is 5. The number of fused-ring (bicyclic) bond motifs is 1. The maximum atomic E-state index is 13.1. The molecule has 1 heterocycles. The van der Waals surface area contributed by atoms with Gasteiger partial charge in [-0.1, -0.05) is 42.5 Å². The van der Waals surface area contributed by atoms with E-state index in [-0.39, 0.29) is 24.8 Å². The molecule has 0 atom stereocenters. The fourth-order valence-electron chi connectivity index (χ4n) is 3.56. The van der Waals surface area contributed by atoms with E-state index in [1.807, 2.05) is 42.5 Å². The Balaban J connectivity index is 1.54. The van der Waals surface area contributed by atoms with Crippen LogP contribution < -0.4 is 21.1 Å². The van der Waals surface area contributed by atoms with Crippen molar-refractivity contribution in [2.24, 2.45) is 5.73 Å². The van der Waals surface area contributed by atoms with E-state index in [9.17, 15) is 14.4 Å². The third-order valence-electron chi connectivity index (χ3n) is 5.26. The summed E-state index contributed by atoms with van der Waals surface area (Å²) in [5.41, 5.74) is 8.33. The van der Waals surface area contributed by atoms with Crippen LogP contribution in [0, 0.1) is 0 Å². The molecule has 34 heavy (non-hydrogen) atoms. The highest BCUT2D eigenvalue weighted by Gasteiger charge is 2.22. The Labute approximate surface area is 195 Å². The summed E-state index contributed by atoms with van der Waals surface area (Å²) in [5.74, 6) is -0.548. The van der Waals surface area contributed by atoms with Gasteiger partial charge in [0.2, 0.25) is 11.7 Å². The van der Waals surface area contributed by atoms with Crippen molar-refractivity contribution in [3.63, 3.8) is 0 Å². The van der Waals surface area contributed by atoms with E-state index in [0.717, 1.165) is 16.5 Å². The molecule has 0 fully saturated rings. The van der Waals surface area contributed by atoms with Gasteiger partial charge >= 0.3 is 0 Å². The molecule has 0 aliphatic heterocycles. The van der Waals surface area contributed by atoms with Crippen LogP contribution in [0.15, 0.2) is 77.2 Å². The SMILES string of the molecule is COc1ccc2c(-c3ccccc3)c(C(=O)NCc3ccc(C(=O)NCC(N)=O)cc3)oc2c1. The van der Waals surface area contributed by atoms with Crippen LogP contribution in [0.5, 0.6) is 5.75 Å². The van der Waals surface area contributed by atoms with Crippen molar-refractivity contribution in [2.75, 3.05) is 13.7 Å². The quantitative estimate of drug-likeness (QED) is 0.375. The Hall–Kier alpha value is -4.59. The normalized spacial score (nSPS) is 10.6. The standard InChI is InChI=1S/C26H23N3O5/c1-33-19-11-12-20-21(13-19)34-24(23(20)17-5-3-2-4-6-17)26(32)28-14-16-7-9-18(10-8-16)25(31)29-15-22(27)30/h2-13H,14-15H2,1H3,(H2,27,30)(H,28,32)(H,29,31). The van der Waals surface area contributed by atoms with Crippen molar-refractivity contribution < 1.29 is 23.5 Å². The molecule has 4 N–H and O–H groups in total. The third kappa shape index (κ3) is 4.91. The van der Waals surface area contributed by atoms with Crippen LogP contribution in [-0.4, -0.2) is 31.4 Å². The molecule has 0 saturated heterocycles. The van der Waals surface area contributed by atoms with Gasteiger partial charge in [0, 0.05) is 29.1 Å².